The summed E-state index contributed by atoms with van der Waals surface area (Å²) in [6.07, 6.45) is 4.45. The Morgan fingerprint density at radius 2 is 2.31 bits per heavy atom. The van der Waals surface area contributed by atoms with E-state index in [0.717, 1.165) is 18.4 Å². The lowest BCUT2D eigenvalue weighted by Gasteiger charge is -2.40. The standard InChI is InChI=1S/C17H20N6O3/c1-10-20-13(22-21-10)8-19-17(25)16-15(11-3-2-6-18-7-11)23(12-4-5-12)14(24)9-26-16/h2-3,6-7,12,15-16H,4-5,8-9H2,1H3,(H,19,25)(H,20,21,22). The molecule has 1 aliphatic carbocycles. The van der Waals surface area contributed by atoms with Crippen molar-refractivity contribution >= 4 is 11.8 Å². The molecular formula is C17H20N6O3. The van der Waals surface area contributed by atoms with E-state index in [9.17, 15) is 9.59 Å². The van der Waals surface area contributed by atoms with Gasteiger partial charge in [-0.05, 0) is 31.4 Å². The molecule has 9 nitrogen and oxygen atoms in total. The number of hydrogen-bond donors (Lipinski definition) is 2. The van der Waals surface area contributed by atoms with E-state index in [-0.39, 0.29) is 31.0 Å². The molecule has 2 amide bonds. The van der Waals surface area contributed by atoms with Crippen molar-refractivity contribution in [2.45, 2.75) is 44.5 Å². The predicted octanol–water partition coefficient (Wildman–Crippen LogP) is 0.255. The molecule has 4 rings (SSSR count). The van der Waals surface area contributed by atoms with Gasteiger partial charge in [-0.3, -0.25) is 19.7 Å². The Morgan fingerprint density at radius 3 is 2.96 bits per heavy atom. The highest BCUT2D eigenvalue weighted by molar-refractivity contribution is 5.86. The molecule has 1 saturated heterocycles. The van der Waals surface area contributed by atoms with E-state index < -0.39 is 12.1 Å². The van der Waals surface area contributed by atoms with E-state index in [2.05, 4.69) is 25.5 Å². The van der Waals surface area contributed by atoms with Gasteiger partial charge in [-0.2, -0.15) is 5.10 Å². The Bertz CT molecular complexity index is 804. The van der Waals surface area contributed by atoms with Gasteiger partial charge in [0.05, 0.1) is 12.6 Å². The quantitative estimate of drug-likeness (QED) is 0.794. The number of morpholine rings is 1. The second-order valence-corrected chi connectivity index (χ2v) is 6.55. The zero-order valence-corrected chi connectivity index (χ0v) is 14.4. The number of nitrogens with zero attached hydrogens (tertiary/aromatic N) is 4. The van der Waals surface area contributed by atoms with Gasteiger partial charge in [0.2, 0.25) is 5.91 Å². The summed E-state index contributed by atoms with van der Waals surface area (Å²) in [4.78, 5) is 35.3. The molecule has 2 aromatic heterocycles. The molecule has 136 valence electrons. The SMILES string of the molecule is Cc1nc(CNC(=O)C2OCC(=O)N(C3CC3)C2c2cccnc2)n[nH]1. The number of aromatic nitrogens is 4. The molecule has 0 bridgehead atoms. The van der Waals surface area contributed by atoms with Gasteiger partial charge in [0.15, 0.2) is 11.9 Å². The van der Waals surface area contributed by atoms with Crippen molar-refractivity contribution in [2.24, 2.45) is 0 Å². The van der Waals surface area contributed by atoms with Crippen LogP contribution in [0, 0.1) is 6.92 Å². The van der Waals surface area contributed by atoms with Gasteiger partial charge in [0.1, 0.15) is 12.4 Å². The lowest BCUT2D eigenvalue weighted by molar-refractivity contribution is -0.165. The fourth-order valence-corrected chi connectivity index (χ4v) is 3.25. The maximum atomic E-state index is 12.8. The minimum Gasteiger partial charge on any atom is -0.356 e. The van der Waals surface area contributed by atoms with Crippen LogP contribution in [0.1, 0.15) is 36.1 Å². The number of nitrogens with one attached hydrogen (secondary N) is 2. The number of hydrogen-bond acceptors (Lipinski definition) is 6. The monoisotopic (exact) mass is 356 g/mol. The van der Waals surface area contributed by atoms with E-state index in [1.165, 1.54) is 0 Å². The second kappa shape index (κ2) is 6.83. The van der Waals surface area contributed by atoms with Crippen molar-refractivity contribution in [2.75, 3.05) is 6.61 Å². The zero-order valence-electron chi connectivity index (χ0n) is 14.4. The Morgan fingerprint density at radius 1 is 1.46 bits per heavy atom. The highest BCUT2D eigenvalue weighted by Gasteiger charge is 2.47. The number of aromatic amines is 1. The smallest absolute Gasteiger partial charge is 0.252 e. The molecule has 2 N–H and O–H groups in total. The third-order valence-corrected chi connectivity index (χ3v) is 4.55. The summed E-state index contributed by atoms with van der Waals surface area (Å²) < 4.78 is 5.64. The Balaban J connectivity index is 1.55. The van der Waals surface area contributed by atoms with E-state index in [0.29, 0.717) is 11.6 Å². The van der Waals surface area contributed by atoms with Crippen molar-refractivity contribution in [1.29, 1.82) is 0 Å². The number of aryl methyl sites for hydroxylation is 1. The second-order valence-electron chi connectivity index (χ2n) is 6.55. The van der Waals surface area contributed by atoms with Crippen molar-refractivity contribution < 1.29 is 14.3 Å². The van der Waals surface area contributed by atoms with Gasteiger partial charge in [-0.15, -0.1) is 0 Å². The first-order valence-electron chi connectivity index (χ1n) is 8.62. The van der Waals surface area contributed by atoms with Gasteiger partial charge in [0.25, 0.3) is 5.91 Å². The summed E-state index contributed by atoms with van der Waals surface area (Å²) in [6.45, 7) is 1.89. The van der Waals surface area contributed by atoms with Crippen LogP contribution in [-0.2, 0) is 20.9 Å². The average Bonchev–Trinajstić information content (AvgIpc) is 3.41. The number of carbonyl (C=O) groups is 2. The third-order valence-electron chi connectivity index (χ3n) is 4.55. The molecule has 9 heteroatoms. The number of amides is 2. The largest absolute Gasteiger partial charge is 0.356 e. The summed E-state index contributed by atoms with van der Waals surface area (Å²) in [5.41, 5.74) is 0.793. The van der Waals surface area contributed by atoms with Crippen LogP contribution in [0.5, 0.6) is 0 Å². The molecular weight excluding hydrogens is 336 g/mol. The average molecular weight is 356 g/mol. The topological polar surface area (TPSA) is 113 Å². The molecule has 0 aromatic carbocycles. The van der Waals surface area contributed by atoms with Crippen LogP contribution in [0.2, 0.25) is 0 Å². The predicted molar refractivity (Wildman–Crippen MR) is 89.6 cm³/mol. The van der Waals surface area contributed by atoms with E-state index in [4.69, 9.17) is 4.74 Å². The van der Waals surface area contributed by atoms with Crippen LogP contribution in [0.15, 0.2) is 24.5 Å². The molecule has 0 spiro atoms. The molecule has 3 heterocycles. The molecule has 2 aromatic rings. The lowest BCUT2D eigenvalue weighted by Crippen LogP contribution is -2.55. The lowest BCUT2D eigenvalue weighted by atomic mass is 9.98. The first kappa shape index (κ1) is 16.6. The van der Waals surface area contributed by atoms with Gasteiger partial charge in [0, 0.05) is 18.4 Å². The molecule has 1 saturated carbocycles. The van der Waals surface area contributed by atoms with Gasteiger partial charge >= 0.3 is 0 Å². The first-order valence-corrected chi connectivity index (χ1v) is 8.62. The van der Waals surface area contributed by atoms with Crippen molar-refractivity contribution in [3.63, 3.8) is 0 Å². The van der Waals surface area contributed by atoms with E-state index in [1.54, 1.807) is 30.3 Å². The van der Waals surface area contributed by atoms with Crippen LogP contribution in [0.4, 0.5) is 0 Å². The summed E-state index contributed by atoms with van der Waals surface area (Å²) >= 11 is 0. The summed E-state index contributed by atoms with van der Waals surface area (Å²) in [5, 5.41) is 9.56. The summed E-state index contributed by atoms with van der Waals surface area (Å²) in [7, 11) is 0. The third kappa shape index (κ3) is 3.30. The van der Waals surface area contributed by atoms with Crippen molar-refractivity contribution in [3.05, 3.63) is 41.7 Å². The Labute approximate surface area is 150 Å². The van der Waals surface area contributed by atoms with Gasteiger partial charge in [-0.1, -0.05) is 6.07 Å². The minimum atomic E-state index is -0.794. The highest BCUT2D eigenvalue weighted by Crippen LogP contribution is 2.39. The molecule has 1 aliphatic heterocycles. The van der Waals surface area contributed by atoms with Crippen LogP contribution in [0.25, 0.3) is 0 Å². The van der Waals surface area contributed by atoms with Crippen LogP contribution in [0.3, 0.4) is 0 Å². The fourth-order valence-electron chi connectivity index (χ4n) is 3.25. The summed E-state index contributed by atoms with van der Waals surface area (Å²) in [6, 6.07) is 3.35. The van der Waals surface area contributed by atoms with Crippen LogP contribution in [-0.4, -0.2) is 55.6 Å². The molecule has 26 heavy (non-hydrogen) atoms. The maximum absolute atomic E-state index is 12.8. The van der Waals surface area contributed by atoms with Crippen LogP contribution < -0.4 is 5.32 Å². The summed E-state index contributed by atoms with van der Waals surface area (Å²) in [5.74, 6) is 0.802. The molecule has 2 unspecified atom stereocenters. The number of pyridine rings is 1. The number of rotatable bonds is 5. The van der Waals surface area contributed by atoms with Crippen molar-refractivity contribution in [3.8, 4) is 0 Å². The highest BCUT2D eigenvalue weighted by atomic mass is 16.5. The van der Waals surface area contributed by atoms with Gasteiger partial charge in [-0.25, -0.2) is 4.98 Å². The van der Waals surface area contributed by atoms with Gasteiger partial charge < -0.3 is 15.0 Å². The fraction of sp³-hybridized carbons (Fsp3) is 0.471. The normalized spacial score (nSPS) is 23.1. The van der Waals surface area contributed by atoms with E-state index >= 15 is 0 Å². The number of carbonyl (C=O) groups excluding carboxylic acids is 2. The minimum absolute atomic E-state index is 0.0880. The molecule has 2 aliphatic rings. The Kier molecular flexibility index (Phi) is 4.37. The number of ether oxygens (including phenoxy) is 1. The molecule has 2 atom stereocenters. The molecule has 0 radical (unpaired) electrons. The van der Waals surface area contributed by atoms with Crippen LogP contribution >= 0.6 is 0 Å². The maximum Gasteiger partial charge on any atom is 0.252 e. The zero-order chi connectivity index (χ0) is 18.1. The first-order chi connectivity index (χ1) is 12.6. The Hall–Kier alpha value is -2.81. The number of H-pyrrole nitrogens is 1. The molecule has 2 fully saturated rings. The van der Waals surface area contributed by atoms with E-state index in [1.807, 2.05) is 6.07 Å². The van der Waals surface area contributed by atoms with Crippen molar-refractivity contribution in [1.82, 2.24) is 30.4 Å².